The fourth-order valence-corrected chi connectivity index (χ4v) is 3.76. The number of rotatable bonds is 7. The normalized spacial score (nSPS) is 15.9. The Morgan fingerprint density at radius 3 is 2.60 bits per heavy atom. The monoisotopic (exact) mass is 446 g/mol. The van der Waals surface area contributed by atoms with Crippen molar-refractivity contribution in [3.63, 3.8) is 0 Å². The lowest BCUT2D eigenvalue weighted by Gasteiger charge is -2.30. The molecule has 0 amide bonds. The van der Waals surface area contributed by atoms with Crippen molar-refractivity contribution in [1.82, 2.24) is 10.6 Å². The number of carbonyl (C=O) groups excluding carboxylic acids is 1. The molecule has 1 aliphatic heterocycles. The van der Waals surface area contributed by atoms with E-state index in [4.69, 9.17) is 38.0 Å². The van der Waals surface area contributed by atoms with Crippen molar-refractivity contribution < 1.29 is 19.0 Å². The van der Waals surface area contributed by atoms with E-state index in [-0.39, 0.29) is 0 Å². The van der Waals surface area contributed by atoms with Crippen LogP contribution >= 0.6 is 23.8 Å². The zero-order valence-electron chi connectivity index (χ0n) is 17.0. The summed E-state index contributed by atoms with van der Waals surface area (Å²) in [6.07, 6.45) is 0. The van der Waals surface area contributed by atoms with Gasteiger partial charge in [0.25, 0.3) is 0 Å². The van der Waals surface area contributed by atoms with Crippen molar-refractivity contribution in [2.24, 2.45) is 0 Å². The second-order valence-electron chi connectivity index (χ2n) is 6.60. The first kappa shape index (κ1) is 21.9. The van der Waals surface area contributed by atoms with E-state index in [1.165, 1.54) is 7.11 Å². The van der Waals surface area contributed by atoms with E-state index in [1.807, 2.05) is 37.3 Å². The van der Waals surface area contributed by atoms with Crippen molar-refractivity contribution in [3.8, 4) is 11.5 Å². The van der Waals surface area contributed by atoms with Gasteiger partial charge in [0, 0.05) is 5.70 Å². The first-order valence-corrected chi connectivity index (χ1v) is 10.2. The number of thiocarbonyl (C=S) groups is 1. The second-order valence-corrected chi connectivity index (χ2v) is 7.41. The van der Waals surface area contributed by atoms with Crippen molar-refractivity contribution >= 4 is 34.9 Å². The fraction of sp³-hybridized carbons (Fsp3) is 0.273. The molecular weight excluding hydrogens is 424 g/mol. The Morgan fingerprint density at radius 2 is 1.93 bits per heavy atom. The van der Waals surface area contributed by atoms with Crippen LogP contribution in [0, 0.1) is 0 Å². The zero-order chi connectivity index (χ0) is 21.7. The van der Waals surface area contributed by atoms with Gasteiger partial charge in [0.1, 0.15) is 6.61 Å². The van der Waals surface area contributed by atoms with Crippen LogP contribution in [0.1, 0.15) is 31.0 Å². The predicted molar refractivity (Wildman–Crippen MR) is 120 cm³/mol. The number of carbonyl (C=O) groups is 1. The Labute approximate surface area is 186 Å². The quantitative estimate of drug-likeness (QED) is 0.485. The molecule has 1 aliphatic rings. The van der Waals surface area contributed by atoms with Crippen molar-refractivity contribution in [3.05, 3.63) is 69.9 Å². The molecule has 3 rings (SSSR count). The average molecular weight is 447 g/mol. The van der Waals surface area contributed by atoms with Gasteiger partial charge in [-0.2, -0.15) is 0 Å². The Balaban J connectivity index is 1.98. The van der Waals surface area contributed by atoms with Crippen LogP contribution in [0.2, 0.25) is 5.02 Å². The molecule has 30 heavy (non-hydrogen) atoms. The number of nitrogens with one attached hydrogen (secondary N) is 2. The predicted octanol–water partition coefficient (Wildman–Crippen LogP) is 4.28. The lowest BCUT2D eigenvalue weighted by molar-refractivity contribution is -0.136. The van der Waals surface area contributed by atoms with Gasteiger partial charge in [-0.1, -0.05) is 41.9 Å². The summed E-state index contributed by atoms with van der Waals surface area (Å²) in [4.78, 5) is 12.4. The number of halogens is 1. The van der Waals surface area contributed by atoms with Gasteiger partial charge in [-0.15, -0.1) is 0 Å². The molecule has 158 valence electrons. The number of allylic oxidation sites excluding steroid dienone is 1. The van der Waals surface area contributed by atoms with E-state index in [9.17, 15) is 4.79 Å². The van der Waals surface area contributed by atoms with Crippen LogP contribution in [-0.4, -0.2) is 24.8 Å². The molecule has 0 aromatic heterocycles. The maximum atomic E-state index is 12.4. The molecule has 1 atom stereocenters. The Hall–Kier alpha value is -2.77. The standard InChI is InChI=1S/C22H23ClN2O4S/c1-4-28-17-11-15(19-18(21(26)27-3)13(2)24-22(30)25-19)10-16(23)20(17)29-12-14-8-6-5-7-9-14/h5-11,19H,4,12H2,1-3H3,(H2,24,25,30). The fourth-order valence-electron chi connectivity index (χ4n) is 3.21. The molecule has 2 N–H and O–H groups in total. The van der Waals surface area contributed by atoms with Crippen LogP contribution in [0.15, 0.2) is 53.7 Å². The van der Waals surface area contributed by atoms with Crippen molar-refractivity contribution in [2.75, 3.05) is 13.7 Å². The van der Waals surface area contributed by atoms with Crippen LogP contribution in [0.25, 0.3) is 0 Å². The molecule has 0 aliphatic carbocycles. The Morgan fingerprint density at radius 1 is 1.20 bits per heavy atom. The average Bonchev–Trinajstić information content (AvgIpc) is 2.73. The Bertz CT molecular complexity index is 979. The van der Waals surface area contributed by atoms with Gasteiger partial charge in [-0.05, 0) is 49.3 Å². The minimum Gasteiger partial charge on any atom is -0.490 e. The summed E-state index contributed by atoms with van der Waals surface area (Å²) in [6, 6.07) is 12.8. The van der Waals surface area contributed by atoms with Crippen LogP contribution in [0.3, 0.4) is 0 Å². The maximum absolute atomic E-state index is 12.4. The van der Waals surface area contributed by atoms with E-state index >= 15 is 0 Å². The minimum absolute atomic E-state index is 0.349. The van der Waals surface area contributed by atoms with E-state index in [0.29, 0.717) is 51.7 Å². The number of esters is 1. The second kappa shape index (κ2) is 9.82. The lowest BCUT2D eigenvalue weighted by atomic mass is 9.95. The van der Waals surface area contributed by atoms with Gasteiger partial charge in [0.2, 0.25) is 0 Å². The molecule has 0 bridgehead atoms. The largest absolute Gasteiger partial charge is 0.490 e. The molecule has 2 aromatic rings. The summed E-state index contributed by atoms with van der Waals surface area (Å²) in [7, 11) is 1.34. The van der Waals surface area contributed by atoms with Gasteiger partial charge < -0.3 is 24.8 Å². The van der Waals surface area contributed by atoms with E-state index in [1.54, 1.807) is 19.1 Å². The third-order valence-electron chi connectivity index (χ3n) is 4.57. The van der Waals surface area contributed by atoms with Gasteiger partial charge in [-0.3, -0.25) is 0 Å². The SMILES string of the molecule is CCOc1cc(C2NC(=S)NC(C)=C2C(=O)OC)cc(Cl)c1OCc1ccccc1. The van der Waals surface area contributed by atoms with Gasteiger partial charge >= 0.3 is 5.97 Å². The highest BCUT2D eigenvalue weighted by Crippen LogP contribution is 2.40. The molecule has 0 saturated heterocycles. The van der Waals surface area contributed by atoms with E-state index in [0.717, 1.165) is 5.56 Å². The number of benzene rings is 2. The number of ether oxygens (including phenoxy) is 3. The van der Waals surface area contributed by atoms with Gasteiger partial charge in [-0.25, -0.2) is 4.79 Å². The third-order valence-corrected chi connectivity index (χ3v) is 5.07. The third kappa shape index (κ3) is 4.86. The highest BCUT2D eigenvalue weighted by Gasteiger charge is 2.31. The summed E-state index contributed by atoms with van der Waals surface area (Å²) in [5, 5.41) is 6.85. The van der Waals surface area contributed by atoms with Crippen molar-refractivity contribution in [2.45, 2.75) is 26.5 Å². The summed E-state index contributed by atoms with van der Waals surface area (Å²) in [5.41, 5.74) is 2.76. The molecule has 1 heterocycles. The summed E-state index contributed by atoms with van der Waals surface area (Å²) in [5.74, 6) is 0.477. The lowest BCUT2D eigenvalue weighted by Crippen LogP contribution is -2.45. The summed E-state index contributed by atoms with van der Waals surface area (Å²) < 4.78 is 16.7. The van der Waals surface area contributed by atoms with Crippen LogP contribution in [0.5, 0.6) is 11.5 Å². The summed E-state index contributed by atoms with van der Waals surface area (Å²) in [6.45, 7) is 4.43. The molecule has 2 aromatic carbocycles. The summed E-state index contributed by atoms with van der Waals surface area (Å²) >= 11 is 11.9. The minimum atomic E-state index is -0.536. The number of hydrogen-bond donors (Lipinski definition) is 2. The van der Waals surface area contributed by atoms with Crippen LogP contribution in [-0.2, 0) is 16.1 Å². The molecule has 0 saturated carbocycles. The molecule has 6 nitrogen and oxygen atoms in total. The van der Waals surface area contributed by atoms with Crippen LogP contribution < -0.4 is 20.1 Å². The van der Waals surface area contributed by atoms with E-state index in [2.05, 4.69) is 10.6 Å². The maximum Gasteiger partial charge on any atom is 0.337 e. The zero-order valence-corrected chi connectivity index (χ0v) is 18.5. The molecule has 0 fully saturated rings. The molecule has 8 heteroatoms. The van der Waals surface area contributed by atoms with E-state index < -0.39 is 12.0 Å². The van der Waals surface area contributed by atoms with Crippen LogP contribution in [0.4, 0.5) is 0 Å². The highest BCUT2D eigenvalue weighted by atomic mass is 35.5. The molecular formula is C22H23ClN2O4S. The highest BCUT2D eigenvalue weighted by molar-refractivity contribution is 7.80. The first-order valence-electron chi connectivity index (χ1n) is 9.44. The Kier molecular flexibility index (Phi) is 7.18. The van der Waals surface area contributed by atoms with Gasteiger partial charge in [0.05, 0.1) is 30.4 Å². The molecule has 0 spiro atoms. The number of methoxy groups -OCH3 is 1. The number of hydrogen-bond acceptors (Lipinski definition) is 5. The first-order chi connectivity index (χ1) is 14.4. The molecule has 1 unspecified atom stereocenters. The van der Waals surface area contributed by atoms with Gasteiger partial charge in [0.15, 0.2) is 16.6 Å². The smallest absolute Gasteiger partial charge is 0.337 e. The molecule has 0 radical (unpaired) electrons. The van der Waals surface area contributed by atoms with Crippen molar-refractivity contribution in [1.29, 1.82) is 0 Å². The topological polar surface area (TPSA) is 68.8 Å².